The number of hydrogen-bond donors (Lipinski definition) is 3. The number of carbonyl (C=O) groups excluding carboxylic acids is 3. The van der Waals surface area contributed by atoms with E-state index in [9.17, 15) is 19.2 Å². The zero-order chi connectivity index (χ0) is 40.8. The van der Waals surface area contributed by atoms with Crippen LogP contribution in [0.2, 0.25) is 0 Å². The Labute approximate surface area is 343 Å². The fourth-order valence-corrected chi connectivity index (χ4v) is 9.90. The molecule has 0 radical (unpaired) electrons. The minimum Gasteiger partial charge on any atom is -0.370 e. The summed E-state index contributed by atoms with van der Waals surface area (Å²) >= 11 is 0. The van der Waals surface area contributed by atoms with Crippen molar-refractivity contribution in [1.82, 2.24) is 40.1 Å². The third-order valence-electron chi connectivity index (χ3n) is 13.2. The molecule has 1 aliphatic carbocycles. The molecule has 4 aromatic rings. The SMILES string of the molecule is CC(=O)c1c(C)c2cnc(Nc3ccc(N4CCN(CCC5CCN(c6cccc7c6N(C)NC7N6CCC(=O)NC6=O)CC5)CC4)cn3)nc2n(C2CCCC2)c1=O. The Morgan fingerprint density at radius 3 is 2.39 bits per heavy atom. The average molecular weight is 803 g/mol. The van der Waals surface area contributed by atoms with E-state index in [0.717, 1.165) is 107 Å². The maximum atomic E-state index is 13.6. The molecule has 310 valence electrons. The first-order valence-electron chi connectivity index (χ1n) is 21.2. The topological polar surface area (TPSA) is 164 Å². The van der Waals surface area contributed by atoms with Crippen molar-refractivity contribution in [2.75, 3.05) is 79.5 Å². The highest BCUT2D eigenvalue weighted by atomic mass is 16.2. The first-order chi connectivity index (χ1) is 28.6. The number of pyridine rings is 2. The van der Waals surface area contributed by atoms with Crippen LogP contribution in [0.3, 0.4) is 0 Å². The van der Waals surface area contributed by atoms with E-state index in [1.165, 1.54) is 19.0 Å². The number of para-hydroxylation sites is 1. The van der Waals surface area contributed by atoms with E-state index in [2.05, 4.69) is 60.0 Å². The summed E-state index contributed by atoms with van der Waals surface area (Å²) in [6.07, 6.45) is 11.0. The lowest BCUT2D eigenvalue weighted by Gasteiger charge is -2.38. The number of aryl methyl sites for hydroxylation is 1. The zero-order valence-electron chi connectivity index (χ0n) is 34.2. The first kappa shape index (κ1) is 38.9. The van der Waals surface area contributed by atoms with Crippen molar-refractivity contribution in [3.8, 4) is 0 Å². The number of nitrogens with one attached hydrogen (secondary N) is 3. The number of anilines is 5. The second kappa shape index (κ2) is 16.2. The van der Waals surface area contributed by atoms with Crippen molar-refractivity contribution in [3.05, 3.63) is 69.8 Å². The Balaban J connectivity index is 0.763. The van der Waals surface area contributed by atoms with Gasteiger partial charge in [0.15, 0.2) is 5.78 Å². The molecule has 1 saturated carbocycles. The smallest absolute Gasteiger partial charge is 0.325 e. The van der Waals surface area contributed by atoms with Crippen LogP contribution in [0.25, 0.3) is 11.0 Å². The van der Waals surface area contributed by atoms with Gasteiger partial charge in [0.2, 0.25) is 11.9 Å². The highest BCUT2D eigenvalue weighted by molar-refractivity contribution is 5.99. The second-order valence-electron chi connectivity index (χ2n) is 16.8. The summed E-state index contributed by atoms with van der Waals surface area (Å²) in [6.45, 7) is 10.7. The summed E-state index contributed by atoms with van der Waals surface area (Å²) in [5.74, 6) is 1.22. The summed E-state index contributed by atoms with van der Waals surface area (Å²) in [5.41, 5.74) is 9.04. The van der Waals surface area contributed by atoms with Gasteiger partial charge in [0.1, 0.15) is 17.6 Å². The van der Waals surface area contributed by atoms with E-state index >= 15 is 0 Å². The standard InChI is InChI=1S/C43H54N12O4/c1-27-33-26-45-42(48-39(33)55(30-7-4-5-8-30)41(58)37(27)28(2)56)46-35-12-11-31(25-44-35)52-23-21-51(22-24-52)17-13-29-14-18-53(19-15-29)34-10-6-9-32-38(34)50(3)49-40(32)54-20-16-36(57)47-43(54)59/h6,9-12,25-26,29-30,40,49H,4-5,7-8,13-24H2,1-3H3,(H,47,57,59)(H,44,45,46,48). The molecule has 1 atom stereocenters. The molecule has 3 amide bonds. The number of hydrogen-bond acceptors (Lipinski definition) is 13. The van der Waals surface area contributed by atoms with Gasteiger partial charge in [-0.1, -0.05) is 25.0 Å². The van der Waals surface area contributed by atoms with Crippen molar-refractivity contribution in [2.45, 2.75) is 77.4 Å². The molecule has 1 unspecified atom stereocenters. The number of ketones is 1. The molecule has 0 bridgehead atoms. The molecule has 16 nitrogen and oxygen atoms in total. The molecular weight excluding hydrogens is 749 g/mol. The minimum atomic E-state index is -0.349. The van der Waals surface area contributed by atoms with Gasteiger partial charge in [0, 0.05) is 82.5 Å². The summed E-state index contributed by atoms with van der Waals surface area (Å²) in [4.78, 5) is 73.7. The van der Waals surface area contributed by atoms with Gasteiger partial charge in [0.25, 0.3) is 5.56 Å². The highest BCUT2D eigenvalue weighted by Gasteiger charge is 2.38. The molecule has 3 aromatic heterocycles. The molecule has 0 spiro atoms. The van der Waals surface area contributed by atoms with E-state index in [1.54, 1.807) is 22.6 Å². The number of imide groups is 1. The van der Waals surface area contributed by atoms with Gasteiger partial charge in [-0.25, -0.2) is 20.2 Å². The number of fused-ring (bicyclic) bond motifs is 2. The number of hydrazine groups is 1. The number of benzene rings is 1. The Morgan fingerprint density at radius 1 is 0.898 bits per heavy atom. The molecule has 4 fully saturated rings. The van der Waals surface area contributed by atoms with Crippen LogP contribution < -0.4 is 36.4 Å². The van der Waals surface area contributed by atoms with Crippen molar-refractivity contribution in [3.63, 3.8) is 0 Å². The molecule has 1 aromatic carbocycles. The number of amides is 3. The first-order valence-corrected chi connectivity index (χ1v) is 21.2. The van der Waals surface area contributed by atoms with Crippen molar-refractivity contribution < 1.29 is 14.4 Å². The second-order valence-corrected chi connectivity index (χ2v) is 16.8. The van der Waals surface area contributed by atoms with Crippen molar-refractivity contribution in [1.29, 1.82) is 0 Å². The fraction of sp³-hybridized carbons (Fsp3) is 0.512. The highest BCUT2D eigenvalue weighted by Crippen LogP contribution is 2.43. The maximum Gasteiger partial charge on any atom is 0.325 e. The Kier molecular flexibility index (Phi) is 10.7. The third-order valence-corrected chi connectivity index (χ3v) is 13.2. The van der Waals surface area contributed by atoms with Crippen LogP contribution in [0.15, 0.2) is 47.5 Å². The third kappa shape index (κ3) is 7.59. The summed E-state index contributed by atoms with van der Waals surface area (Å²) < 4.78 is 1.73. The average Bonchev–Trinajstić information content (AvgIpc) is 3.89. The number of carbonyl (C=O) groups is 3. The molecule has 4 aliphatic heterocycles. The quantitative estimate of drug-likeness (QED) is 0.186. The van der Waals surface area contributed by atoms with Gasteiger partial charge in [-0.05, 0) is 82.2 Å². The summed E-state index contributed by atoms with van der Waals surface area (Å²) in [7, 11) is 2.00. The minimum absolute atomic E-state index is 0.0223. The predicted molar refractivity (Wildman–Crippen MR) is 227 cm³/mol. The number of rotatable bonds is 10. The fourth-order valence-electron chi connectivity index (χ4n) is 9.90. The van der Waals surface area contributed by atoms with E-state index in [-0.39, 0.29) is 41.1 Å². The van der Waals surface area contributed by atoms with Gasteiger partial charge < -0.3 is 25.0 Å². The van der Waals surface area contributed by atoms with E-state index < -0.39 is 0 Å². The summed E-state index contributed by atoms with van der Waals surface area (Å²) in [5, 5.41) is 8.45. The summed E-state index contributed by atoms with van der Waals surface area (Å²) in [6, 6.07) is 10.0. The molecule has 7 heterocycles. The predicted octanol–water partition coefficient (Wildman–Crippen LogP) is 4.88. The molecule has 9 rings (SSSR count). The molecule has 59 heavy (non-hydrogen) atoms. The van der Waals surface area contributed by atoms with Crippen LogP contribution in [0.5, 0.6) is 0 Å². The monoisotopic (exact) mass is 802 g/mol. The normalized spacial score (nSPS) is 20.8. The lowest BCUT2D eigenvalue weighted by molar-refractivity contribution is -0.121. The van der Waals surface area contributed by atoms with Gasteiger partial charge in [-0.15, -0.1) is 0 Å². The van der Waals surface area contributed by atoms with Crippen LogP contribution in [0.4, 0.5) is 33.6 Å². The number of urea groups is 1. The Bertz CT molecular complexity index is 2310. The maximum absolute atomic E-state index is 13.6. The molecule has 16 heteroatoms. The van der Waals surface area contributed by atoms with E-state index in [1.807, 2.05) is 24.3 Å². The molecule has 5 aliphatic rings. The van der Waals surface area contributed by atoms with Crippen LogP contribution in [-0.2, 0) is 4.79 Å². The van der Waals surface area contributed by atoms with Gasteiger partial charge >= 0.3 is 6.03 Å². The van der Waals surface area contributed by atoms with Gasteiger partial charge in [-0.2, -0.15) is 4.98 Å². The van der Waals surface area contributed by atoms with E-state index in [0.29, 0.717) is 41.9 Å². The largest absolute Gasteiger partial charge is 0.370 e. The lowest BCUT2D eigenvalue weighted by atomic mass is 9.92. The van der Waals surface area contributed by atoms with Crippen LogP contribution in [0, 0.1) is 12.8 Å². The molecular formula is C43H54N12O4. The zero-order valence-corrected chi connectivity index (χ0v) is 34.2. The van der Waals surface area contributed by atoms with Crippen LogP contribution >= 0.6 is 0 Å². The number of piperidine rings is 1. The van der Waals surface area contributed by atoms with Crippen molar-refractivity contribution >= 4 is 57.6 Å². The Hall–Kier alpha value is -5.61. The van der Waals surface area contributed by atoms with Crippen molar-refractivity contribution in [2.24, 2.45) is 5.92 Å². The number of nitrogens with zero attached hydrogens (tertiary/aromatic N) is 9. The number of Topliss-reactive ketones (excluding diaryl/α,β-unsaturated/α-hetero) is 1. The Morgan fingerprint density at radius 2 is 1.68 bits per heavy atom. The molecule has 3 saturated heterocycles. The van der Waals surface area contributed by atoms with Gasteiger partial charge in [0.05, 0.1) is 28.8 Å². The van der Waals surface area contributed by atoms with Crippen LogP contribution in [-0.4, -0.2) is 106 Å². The van der Waals surface area contributed by atoms with Gasteiger partial charge in [-0.3, -0.25) is 29.2 Å². The molecule has 3 N–H and O–H groups in total. The van der Waals surface area contributed by atoms with E-state index in [4.69, 9.17) is 9.97 Å². The number of aromatic nitrogens is 4. The van der Waals surface area contributed by atoms with Crippen LogP contribution in [0.1, 0.15) is 92.0 Å². The number of piperazine rings is 1. The lowest BCUT2D eigenvalue weighted by Crippen LogP contribution is -2.53.